The first-order valence-corrected chi connectivity index (χ1v) is 4.14. The first-order chi connectivity index (χ1) is 5.43. The second kappa shape index (κ2) is 2.90. The zero-order valence-electron chi connectivity index (χ0n) is 8.05. The van der Waals surface area contributed by atoms with E-state index in [9.17, 15) is 5.11 Å². The Morgan fingerprint density at radius 1 is 1.50 bits per heavy atom. The predicted octanol–water partition coefficient (Wildman–Crippen LogP) is 1.76. The van der Waals surface area contributed by atoms with E-state index < -0.39 is 6.10 Å². The molecule has 0 bridgehead atoms. The van der Waals surface area contributed by atoms with E-state index in [2.05, 4.69) is 31.0 Å². The molecular weight excluding hydrogens is 152 g/mol. The van der Waals surface area contributed by atoms with Crippen LogP contribution in [0.2, 0.25) is 0 Å². The second-order valence-electron chi connectivity index (χ2n) is 4.13. The van der Waals surface area contributed by atoms with E-state index in [-0.39, 0.29) is 5.41 Å². The zero-order chi connectivity index (χ0) is 9.35. The molecule has 0 amide bonds. The van der Waals surface area contributed by atoms with E-state index in [0.29, 0.717) is 0 Å². The highest BCUT2D eigenvalue weighted by atomic mass is 16.3. The third-order valence-electron chi connectivity index (χ3n) is 1.87. The molecule has 0 saturated carbocycles. The molecule has 0 aliphatic rings. The summed E-state index contributed by atoms with van der Waals surface area (Å²) in [6.07, 6.45) is 1.24. The minimum absolute atomic E-state index is 0.0167. The SMILES string of the molecule is C[C@H](O)c1cn[nH]c1C(C)(C)C. The van der Waals surface area contributed by atoms with Gasteiger partial charge in [-0.1, -0.05) is 20.8 Å². The molecule has 3 nitrogen and oxygen atoms in total. The molecule has 0 saturated heterocycles. The van der Waals surface area contributed by atoms with Gasteiger partial charge in [-0.3, -0.25) is 5.10 Å². The maximum absolute atomic E-state index is 9.40. The molecule has 0 aliphatic carbocycles. The molecule has 1 atom stereocenters. The Hall–Kier alpha value is -0.830. The van der Waals surface area contributed by atoms with Gasteiger partial charge in [0.05, 0.1) is 12.3 Å². The highest BCUT2D eigenvalue weighted by Crippen LogP contribution is 2.26. The van der Waals surface area contributed by atoms with E-state index in [0.717, 1.165) is 11.3 Å². The van der Waals surface area contributed by atoms with Crippen LogP contribution < -0.4 is 0 Å². The van der Waals surface area contributed by atoms with Crippen LogP contribution in [0.5, 0.6) is 0 Å². The molecule has 0 spiro atoms. The van der Waals surface area contributed by atoms with Gasteiger partial charge >= 0.3 is 0 Å². The highest BCUT2D eigenvalue weighted by Gasteiger charge is 2.21. The molecule has 1 rings (SSSR count). The van der Waals surface area contributed by atoms with Gasteiger partial charge in [0.25, 0.3) is 0 Å². The number of hydrogen-bond acceptors (Lipinski definition) is 2. The highest BCUT2D eigenvalue weighted by molar-refractivity contribution is 5.24. The Morgan fingerprint density at radius 2 is 2.08 bits per heavy atom. The molecule has 0 fully saturated rings. The second-order valence-corrected chi connectivity index (χ2v) is 4.13. The van der Waals surface area contributed by atoms with Crippen LogP contribution in [0.1, 0.15) is 45.1 Å². The average molecular weight is 168 g/mol. The fourth-order valence-corrected chi connectivity index (χ4v) is 1.21. The van der Waals surface area contributed by atoms with Crippen molar-refractivity contribution in [2.45, 2.75) is 39.2 Å². The predicted molar refractivity (Wildman–Crippen MR) is 47.9 cm³/mol. The van der Waals surface area contributed by atoms with Crippen molar-refractivity contribution in [2.75, 3.05) is 0 Å². The Kier molecular flexibility index (Phi) is 2.24. The standard InChI is InChI=1S/C9H16N2O/c1-6(12)7-5-10-11-8(7)9(2,3)4/h5-6,12H,1-4H3,(H,10,11)/t6-/m0/s1. The van der Waals surface area contributed by atoms with Gasteiger partial charge in [-0.15, -0.1) is 0 Å². The van der Waals surface area contributed by atoms with Crippen molar-refractivity contribution in [3.8, 4) is 0 Å². The smallest absolute Gasteiger partial charge is 0.0795 e. The van der Waals surface area contributed by atoms with Crippen LogP contribution in [0.15, 0.2) is 6.20 Å². The molecule has 1 aromatic rings. The number of aromatic amines is 1. The minimum Gasteiger partial charge on any atom is -0.389 e. The number of H-pyrrole nitrogens is 1. The largest absolute Gasteiger partial charge is 0.389 e. The van der Waals surface area contributed by atoms with E-state index in [1.807, 2.05) is 0 Å². The van der Waals surface area contributed by atoms with Crippen LogP contribution in [0.3, 0.4) is 0 Å². The summed E-state index contributed by atoms with van der Waals surface area (Å²) in [5, 5.41) is 16.2. The van der Waals surface area contributed by atoms with Crippen LogP contribution in [0.25, 0.3) is 0 Å². The molecule has 0 aliphatic heterocycles. The van der Waals surface area contributed by atoms with Gasteiger partial charge in [-0.25, -0.2) is 0 Å². The Bertz CT molecular complexity index is 258. The van der Waals surface area contributed by atoms with Crippen LogP contribution >= 0.6 is 0 Å². The lowest BCUT2D eigenvalue weighted by Gasteiger charge is -2.19. The first kappa shape index (κ1) is 9.26. The topological polar surface area (TPSA) is 48.9 Å². The lowest BCUT2D eigenvalue weighted by atomic mass is 9.88. The Morgan fingerprint density at radius 3 is 2.42 bits per heavy atom. The fourth-order valence-electron chi connectivity index (χ4n) is 1.21. The van der Waals surface area contributed by atoms with Crippen LogP contribution in [0, 0.1) is 0 Å². The summed E-state index contributed by atoms with van der Waals surface area (Å²) in [5.74, 6) is 0. The number of hydrogen-bond donors (Lipinski definition) is 2. The van der Waals surface area contributed by atoms with Gasteiger partial charge in [-0.05, 0) is 6.92 Å². The van der Waals surface area contributed by atoms with E-state index in [1.54, 1.807) is 13.1 Å². The summed E-state index contributed by atoms with van der Waals surface area (Å²) in [6.45, 7) is 8.02. The van der Waals surface area contributed by atoms with E-state index >= 15 is 0 Å². The number of rotatable bonds is 1. The molecule has 1 heterocycles. The molecule has 3 heteroatoms. The maximum atomic E-state index is 9.40. The normalized spacial score (nSPS) is 14.8. The molecular formula is C9H16N2O. The zero-order valence-corrected chi connectivity index (χ0v) is 8.05. The van der Waals surface area contributed by atoms with Gasteiger partial charge in [0, 0.05) is 16.7 Å². The van der Waals surface area contributed by atoms with Gasteiger partial charge in [0.1, 0.15) is 0 Å². The maximum Gasteiger partial charge on any atom is 0.0795 e. The Labute approximate surface area is 72.8 Å². The lowest BCUT2D eigenvalue weighted by molar-refractivity contribution is 0.196. The first-order valence-electron chi connectivity index (χ1n) is 4.14. The van der Waals surface area contributed by atoms with Gasteiger partial charge in [0.2, 0.25) is 0 Å². The molecule has 0 aromatic carbocycles. The van der Waals surface area contributed by atoms with Gasteiger partial charge < -0.3 is 5.11 Å². The summed E-state index contributed by atoms with van der Waals surface area (Å²) in [7, 11) is 0. The van der Waals surface area contributed by atoms with Gasteiger partial charge in [-0.2, -0.15) is 5.10 Å². The number of nitrogens with one attached hydrogen (secondary N) is 1. The third kappa shape index (κ3) is 1.67. The number of nitrogens with zero attached hydrogens (tertiary/aromatic N) is 1. The Balaban J connectivity index is 3.08. The third-order valence-corrected chi connectivity index (χ3v) is 1.87. The molecule has 1 aromatic heterocycles. The number of aliphatic hydroxyl groups excluding tert-OH is 1. The van der Waals surface area contributed by atoms with Crippen molar-refractivity contribution in [2.24, 2.45) is 0 Å². The summed E-state index contributed by atoms with van der Waals surface area (Å²) in [5.41, 5.74) is 1.92. The van der Waals surface area contributed by atoms with Crippen molar-refractivity contribution < 1.29 is 5.11 Å². The van der Waals surface area contributed by atoms with Crippen molar-refractivity contribution in [1.29, 1.82) is 0 Å². The van der Waals surface area contributed by atoms with Crippen molar-refractivity contribution in [3.63, 3.8) is 0 Å². The van der Waals surface area contributed by atoms with Crippen LogP contribution in [-0.4, -0.2) is 15.3 Å². The van der Waals surface area contributed by atoms with Crippen molar-refractivity contribution in [3.05, 3.63) is 17.5 Å². The van der Waals surface area contributed by atoms with E-state index in [1.165, 1.54) is 0 Å². The lowest BCUT2D eigenvalue weighted by Crippen LogP contribution is -2.15. The fraction of sp³-hybridized carbons (Fsp3) is 0.667. The summed E-state index contributed by atoms with van der Waals surface area (Å²) >= 11 is 0. The molecule has 0 radical (unpaired) electrons. The monoisotopic (exact) mass is 168 g/mol. The van der Waals surface area contributed by atoms with Crippen molar-refractivity contribution >= 4 is 0 Å². The van der Waals surface area contributed by atoms with Gasteiger partial charge in [0.15, 0.2) is 0 Å². The minimum atomic E-state index is -0.446. The summed E-state index contributed by atoms with van der Waals surface area (Å²) in [6, 6.07) is 0. The van der Waals surface area contributed by atoms with E-state index in [4.69, 9.17) is 0 Å². The average Bonchev–Trinajstić information content (AvgIpc) is 2.30. The molecule has 0 unspecified atom stereocenters. The molecule has 12 heavy (non-hydrogen) atoms. The van der Waals surface area contributed by atoms with Crippen LogP contribution in [0.4, 0.5) is 0 Å². The molecule has 2 N–H and O–H groups in total. The number of aliphatic hydroxyl groups is 1. The van der Waals surface area contributed by atoms with Crippen LogP contribution in [-0.2, 0) is 5.41 Å². The summed E-state index contributed by atoms with van der Waals surface area (Å²) in [4.78, 5) is 0. The van der Waals surface area contributed by atoms with Crippen molar-refractivity contribution in [1.82, 2.24) is 10.2 Å². The quantitative estimate of drug-likeness (QED) is 0.671. The number of aromatic nitrogens is 2. The molecule has 68 valence electrons. The summed E-state index contributed by atoms with van der Waals surface area (Å²) < 4.78 is 0.